The molecule has 1 rings (SSSR count). The molecule has 0 aliphatic heterocycles. The Balaban J connectivity index is 2.20. The van der Waals surface area contributed by atoms with Crippen LogP contribution in [-0.4, -0.2) is 0 Å². The lowest BCUT2D eigenvalue weighted by atomic mass is 9.91. The lowest BCUT2D eigenvalue weighted by Crippen LogP contribution is -2.00. The van der Waals surface area contributed by atoms with Crippen molar-refractivity contribution in [1.29, 1.82) is 0 Å². The summed E-state index contributed by atoms with van der Waals surface area (Å²) in [6.45, 7) is 3.99. The Morgan fingerprint density at radius 1 is 0.714 bits per heavy atom. The van der Waals surface area contributed by atoms with Crippen LogP contribution in [-0.2, 0) is 0 Å². The van der Waals surface area contributed by atoms with E-state index in [1.165, 1.54) is 70.6 Å². The van der Waals surface area contributed by atoms with Gasteiger partial charge in [-0.05, 0) is 5.92 Å². The lowest BCUT2D eigenvalue weighted by Gasteiger charge is -2.15. The Labute approximate surface area is 90.5 Å². The van der Waals surface area contributed by atoms with Gasteiger partial charge < -0.3 is 0 Å². The van der Waals surface area contributed by atoms with Crippen LogP contribution in [0, 0.1) is 12.8 Å². The average Bonchev–Trinajstić information content (AvgIpc) is 2.24. The number of hydrogen-bond acceptors (Lipinski definition) is 0. The van der Waals surface area contributed by atoms with Gasteiger partial charge in [-0.2, -0.15) is 0 Å². The quantitative estimate of drug-likeness (QED) is 0.573. The van der Waals surface area contributed by atoms with Gasteiger partial charge in [0.1, 0.15) is 0 Å². The van der Waals surface area contributed by atoms with Crippen LogP contribution in [0.3, 0.4) is 0 Å². The molecule has 0 heterocycles. The summed E-state index contributed by atoms with van der Waals surface area (Å²) in [6.07, 6.45) is 17.3. The Morgan fingerprint density at radius 3 is 1.57 bits per heavy atom. The van der Waals surface area contributed by atoms with Gasteiger partial charge in [-0.25, -0.2) is 0 Å². The zero-order chi connectivity index (χ0) is 10.1. The minimum atomic E-state index is 1.01. The summed E-state index contributed by atoms with van der Waals surface area (Å²) in [7, 11) is 0. The van der Waals surface area contributed by atoms with Crippen molar-refractivity contribution in [2.75, 3.05) is 0 Å². The van der Waals surface area contributed by atoms with Crippen LogP contribution in [0.25, 0.3) is 0 Å². The zero-order valence-electron chi connectivity index (χ0n) is 9.77. The van der Waals surface area contributed by atoms with E-state index in [-0.39, 0.29) is 0 Å². The molecule has 14 heavy (non-hydrogen) atoms. The Bertz CT molecular complexity index is 105. The lowest BCUT2D eigenvalue weighted by molar-refractivity contribution is 0.391. The second-order valence-corrected chi connectivity index (χ2v) is 4.91. The summed E-state index contributed by atoms with van der Waals surface area (Å²) in [6, 6.07) is 0. The maximum absolute atomic E-state index is 3.99. The molecule has 0 saturated heterocycles. The first-order valence-electron chi connectivity index (χ1n) is 6.72. The summed E-state index contributed by atoms with van der Waals surface area (Å²) in [5, 5.41) is 0. The van der Waals surface area contributed by atoms with Gasteiger partial charge in [0.05, 0.1) is 0 Å². The molecular weight excluding hydrogens is 168 g/mol. The first-order valence-corrected chi connectivity index (χ1v) is 6.72. The van der Waals surface area contributed by atoms with Gasteiger partial charge >= 0.3 is 0 Å². The van der Waals surface area contributed by atoms with Gasteiger partial charge in [-0.3, -0.25) is 0 Å². The summed E-state index contributed by atoms with van der Waals surface area (Å²) < 4.78 is 0. The van der Waals surface area contributed by atoms with Gasteiger partial charge in [-0.15, -0.1) is 0 Å². The molecule has 0 amide bonds. The maximum Gasteiger partial charge on any atom is -0.0414 e. The molecule has 0 N–H and O–H groups in total. The molecule has 1 aliphatic carbocycles. The molecule has 0 unspecified atom stereocenters. The van der Waals surface area contributed by atoms with Crippen molar-refractivity contribution in [2.45, 2.75) is 77.0 Å². The summed E-state index contributed by atoms with van der Waals surface area (Å²) in [5.41, 5.74) is 0. The second kappa shape index (κ2) is 8.32. The normalized spacial score (nSPS) is 22.9. The predicted molar refractivity (Wildman–Crippen MR) is 64.3 cm³/mol. The Kier molecular flexibility index (Phi) is 7.17. The summed E-state index contributed by atoms with van der Waals surface area (Å²) in [5.74, 6) is 1.01. The largest absolute Gasteiger partial charge is 0.0533 e. The molecular formula is C14H27. The molecule has 0 spiro atoms. The second-order valence-electron chi connectivity index (χ2n) is 4.91. The maximum atomic E-state index is 3.99. The molecule has 0 heteroatoms. The van der Waals surface area contributed by atoms with E-state index in [1.54, 1.807) is 0 Å². The fourth-order valence-corrected chi connectivity index (χ4v) is 2.65. The molecule has 1 saturated carbocycles. The fourth-order valence-electron chi connectivity index (χ4n) is 2.65. The minimum absolute atomic E-state index is 1.01. The summed E-state index contributed by atoms with van der Waals surface area (Å²) in [4.78, 5) is 0. The molecule has 1 fully saturated rings. The van der Waals surface area contributed by atoms with Crippen molar-refractivity contribution >= 4 is 0 Å². The van der Waals surface area contributed by atoms with Gasteiger partial charge in [0.25, 0.3) is 0 Å². The summed E-state index contributed by atoms with van der Waals surface area (Å²) >= 11 is 0. The van der Waals surface area contributed by atoms with E-state index in [4.69, 9.17) is 0 Å². The molecule has 0 aromatic heterocycles. The average molecular weight is 195 g/mol. The van der Waals surface area contributed by atoms with Crippen molar-refractivity contribution < 1.29 is 0 Å². The zero-order valence-corrected chi connectivity index (χ0v) is 9.77. The van der Waals surface area contributed by atoms with E-state index in [2.05, 4.69) is 6.92 Å². The third-order valence-corrected chi connectivity index (χ3v) is 3.59. The van der Waals surface area contributed by atoms with E-state index < -0.39 is 0 Å². The molecule has 0 nitrogen and oxygen atoms in total. The van der Waals surface area contributed by atoms with Crippen LogP contribution in [0.15, 0.2) is 0 Å². The highest BCUT2D eigenvalue weighted by atomic mass is 14.1. The number of hydrogen-bond donors (Lipinski definition) is 0. The topological polar surface area (TPSA) is 0 Å². The van der Waals surface area contributed by atoms with Crippen LogP contribution >= 0.6 is 0 Å². The van der Waals surface area contributed by atoms with E-state index in [1.807, 2.05) is 0 Å². The van der Waals surface area contributed by atoms with Crippen LogP contribution in [0.5, 0.6) is 0 Å². The van der Waals surface area contributed by atoms with E-state index in [0.29, 0.717) is 0 Å². The highest BCUT2D eigenvalue weighted by Gasteiger charge is 2.08. The van der Waals surface area contributed by atoms with Gasteiger partial charge in [-0.1, -0.05) is 84.0 Å². The predicted octanol–water partition coefficient (Wildman–Crippen LogP) is 5.13. The SMILES string of the molecule is [CH2]CCC1CCCCCCCCCC1. The minimum Gasteiger partial charge on any atom is -0.0533 e. The van der Waals surface area contributed by atoms with Crippen LogP contribution < -0.4 is 0 Å². The van der Waals surface area contributed by atoms with Crippen LogP contribution in [0.4, 0.5) is 0 Å². The highest BCUT2D eigenvalue weighted by Crippen LogP contribution is 2.24. The van der Waals surface area contributed by atoms with Crippen molar-refractivity contribution in [3.05, 3.63) is 6.92 Å². The Morgan fingerprint density at radius 2 is 1.14 bits per heavy atom. The third kappa shape index (κ3) is 5.67. The van der Waals surface area contributed by atoms with Crippen molar-refractivity contribution in [1.82, 2.24) is 0 Å². The van der Waals surface area contributed by atoms with E-state index >= 15 is 0 Å². The Hall–Kier alpha value is 0. The van der Waals surface area contributed by atoms with Crippen LogP contribution in [0.2, 0.25) is 0 Å². The van der Waals surface area contributed by atoms with Crippen molar-refractivity contribution in [2.24, 2.45) is 5.92 Å². The molecule has 0 bridgehead atoms. The number of rotatable bonds is 2. The first kappa shape index (κ1) is 12.1. The highest BCUT2D eigenvalue weighted by molar-refractivity contribution is 4.63. The van der Waals surface area contributed by atoms with Crippen molar-refractivity contribution in [3.63, 3.8) is 0 Å². The fraction of sp³-hybridized carbons (Fsp3) is 0.929. The molecule has 0 aromatic carbocycles. The molecule has 0 aromatic rings. The van der Waals surface area contributed by atoms with E-state index in [0.717, 1.165) is 12.3 Å². The smallest absolute Gasteiger partial charge is 0.0414 e. The first-order chi connectivity index (χ1) is 6.93. The standard InChI is InChI=1S/C14H27/c1-2-11-14-12-9-7-5-3-4-6-8-10-13-14/h14H,1-13H2. The monoisotopic (exact) mass is 195 g/mol. The molecule has 1 radical (unpaired) electrons. The van der Waals surface area contributed by atoms with Crippen molar-refractivity contribution in [3.8, 4) is 0 Å². The molecule has 83 valence electrons. The van der Waals surface area contributed by atoms with Gasteiger partial charge in [0, 0.05) is 0 Å². The van der Waals surface area contributed by atoms with E-state index in [9.17, 15) is 0 Å². The molecule has 0 atom stereocenters. The third-order valence-electron chi connectivity index (χ3n) is 3.59. The van der Waals surface area contributed by atoms with Gasteiger partial charge in [0.15, 0.2) is 0 Å². The molecule has 1 aliphatic rings. The van der Waals surface area contributed by atoms with Gasteiger partial charge in [0.2, 0.25) is 0 Å². The van der Waals surface area contributed by atoms with Crippen LogP contribution in [0.1, 0.15) is 77.0 Å².